The zero-order valence-electron chi connectivity index (χ0n) is 20.8. The second-order valence-corrected chi connectivity index (χ2v) is 8.63. The topological polar surface area (TPSA) is 74.2 Å². The van der Waals surface area contributed by atoms with Crippen molar-refractivity contribution in [3.8, 4) is 0 Å². The minimum atomic E-state index is -0.920. The van der Waals surface area contributed by atoms with E-state index in [1.807, 2.05) is 91.0 Å². The van der Waals surface area contributed by atoms with Crippen molar-refractivity contribution in [1.82, 2.24) is 0 Å². The van der Waals surface area contributed by atoms with Crippen molar-refractivity contribution in [3.05, 3.63) is 108 Å². The maximum absolute atomic E-state index is 11.7. The van der Waals surface area contributed by atoms with Gasteiger partial charge in [0.15, 0.2) is 0 Å². The largest absolute Gasteiger partial charge is 0.469 e. The van der Waals surface area contributed by atoms with Gasteiger partial charge >= 0.3 is 5.97 Å². The minimum absolute atomic E-state index is 0.0938. The van der Waals surface area contributed by atoms with E-state index in [1.165, 1.54) is 7.11 Å². The van der Waals surface area contributed by atoms with Gasteiger partial charge in [-0.3, -0.25) is 4.79 Å². The highest BCUT2D eigenvalue weighted by atomic mass is 16.6. The highest BCUT2D eigenvalue weighted by Crippen LogP contribution is 2.20. The number of carbonyl (C=O) groups excluding carboxylic acids is 1. The number of aliphatic hydroxyl groups is 1. The Balaban J connectivity index is 1.70. The third-order valence-electron chi connectivity index (χ3n) is 5.84. The average Bonchev–Trinajstić information content (AvgIpc) is 2.93. The van der Waals surface area contributed by atoms with Crippen molar-refractivity contribution in [2.45, 2.75) is 57.4 Å². The molecule has 0 aliphatic rings. The average molecular weight is 493 g/mol. The third-order valence-corrected chi connectivity index (χ3v) is 5.84. The highest BCUT2D eigenvalue weighted by Gasteiger charge is 2.31. The number of hydrogen-bond donors (Lipinski definition) is 1. The molecule has 3 aromatic carbocycles. The molecule has 0 aliphatic heterocycles. The first-order valence-corrected chi connectivity index (χ1v) is 12.3. The van der Waals surface area contributed by atoms with E-state index in [4.69, 9.17) is 18.9 Å². The first-order chi connectivity index (χ1) is 17.7. The molecule has 0 radical (unpaired) electrons. The first kappa shape index (κ1) is 27.6. The van der Waals surface area contributed by atoms with Crippen LogP contribution in [0.1, 0.15) is 36.0 Å². The lowest BCUT2D eigenvalue weighted by molar-refractivity contribution is -0.151. The molecule has 0 fully saturated rings. The Bertz CT molecular complexity index is 980. The van der Waals surface area contributed by atoms with Gasteiger partial charge in [0.2, 0.25) is 0 Å². The van der Waals surface area contributed by atoms with Gasteiger partial charge in [0.05, 0.1) is 39.6 Å². The van der Waals surface area contributed by atoms with Crippen molar-refractivity contribution < 1.29 is 28.8 Å². The van der Waals surface area contributed by atoms with Crippen molar-refractivity contribution in [1.29, 1.82) is 0 Å². The molecule has 3 aromatic rings. The van der Waals surface area contributed by atoms with Crippen LogP contribution >= 0.6 is 0 Å². The summed E-state index contributed by atoms with van der Waals surface area (Å²) in [7, 11) is 1.38. The van der Waals surface area contributed by atoms with Crippen molar-refractivity contribution in [2.24, 2.45) is 0 Å². The minimum Gasteiger partial charge on any atom is -0.469 e. The van der Waals surface area contributed by atoms with Gasteiger partial charge in [-0.25, -0.2) is 0 Å². The molecule has 6 heteroatoms. The summed E-state index contributed by atoms with van der Waals surface area (Å²) in [5.41, 5.74) is 3.05. The van der Waals surface area contributed by atoms with Gasteiger partial charge in [0, 0.05) is 6.42 Å². The molecule has 6 nitrogen and oxygen atoms in total. The van der Waals surface area contributed by atoms with Crippen molar-refractivity contribution in [3.63, 3.8) is 0 Å². The SMILES string of the molecule is COC(=O)CCC[C@@H](OCc1ccccc1)[C@@H](OCc1ccccc1)[C@H](O)COCc1ccccc1. The monoisotopic (exact) mass is 492 g/mol. The second kappa shape index (κ2) is 15.9. The molecule has 0 bridgehead atoms. The number of esters is 1. The summed E-state index contributed by atoms with van der Waals surface area (Å²) in [5, 5.41) is 11.2. The van der Waals surface area contributed by atoms with Crippen LogP contribution in [0.15, 0.2) is 91.0 Å². The number of ether oxygens (including phenoxy) is 4. The fourth-order valence-corrected chi connectivity index (χ4v) is 3.87. The molecule has 3 rings (SSSR count). The number of carbonyl (C=O) groups is 1. The maximum Gasteiger partial charge on any atom is 0.305 e. The smallest absolute Gasteiger partial charge is 0.305 e. The van der Waals surface area contributed by atoms with Crippen LogP contribution in [0, 0.1) is 0 Å². The van der Waals surface area contributed by atoms with Crippen LogP contribution in [0.25, 0.3) is 0 Å². The molecule has 1 N–H and O–H groups in total. The molecule has 36 heavy (non-hydrogen) atoms. The normalized spacial score (nSPS) is 13.6. The summed E-state index contributed by atoms with van der Waals surface area (Å²) in [5.74, 6) is -0.273. The number of methoxy groups -OCH3 is 1. The molecule has 0 saturated carbocycles. The van der Waals surface area contributed by atoms with E-state index in [1.54, 1.807) is 0 Å². The van der Waals surface area contributed by atoms with E-state index in [2.05, 4.69) is 0 Å². The molecule has 0 unspecified atom stereocenters. The number of aliphatic hydroxyl groups excluding tert-OH is 1. The van der Waals surface area contributed by atoms with Crippen molar-refractivity contribution >= 4 is 5.97 Å². The predicted octanol–water partition coefficient (Wildman–Crippen LogP) is 5.08. The van der Waals surface area contributed by atoms with Gasteiger partial charge in [-0.15, -0.1) is 0 Å². The van der Waals surface area contributed by atoms with Crippen LogP contribution in [0.4, 0.5) is 0 Å². The maximum atomic E-state index is 11.7. The zero-order valence-corrected chi connectivity index (χ0v) is 20.8. The van der Waals surface area contributed by atoms with E-state index >= 15 is 0 Å². The van der Waals surface area contributed by atoms with Gasteiger partial charge in [-0.05, 0) is 29.5 Å². The Labute approximate surface area is 213 Å². The van der Waals surface area contributed by atoms with Gasteiger partial charge in [0.25, 0.3) is 0 Å². The fraction of sp³-hybridized carbons (Fsp3) is 0.367. The summed E-state index contributed by atoms with van der Waals surface area (Å²) in [6.45, 7) is 1.17. The summed E-state index contributed by atoms with van der Waals surface area (Å²) in [6, 6.07) is 29.5. The summed E-state index contributed by atoms with van der Waals surface area (Å²) in [6.07, 6.45) is -0.674. The first-order valence-electron chi connectivity index (χ1n) is 12.3. The molecule has 0 aromatic heterocycles. The van der Waals surface area contributed by atoms with Gasteiger partial charge in [-0.1, -0.05) is 91.0 Å². The van der Waals surface area contributed by atoms with E-state index in [-0.39, 0.29) is 19.0 Å². The Morgan fingerprint density at radius 3 is 1.78 bits per heavy atom. The van der Waals surface area contributed by atoms with E-state index in [0.717, 1.165) is 16.7 Å². The number of hydrogen-bond acceptors (Lipinski definition) is 6. The van der Waals surface area contributed by atoms with E-state index in [9.17, 15) is 9.90 Å². The third kappa shape index (κ3) is 9.91. The van der Waals surface area contributed by atoms with Gasteiger partial charge in [0.1, 0.15) is 12.2 Å². The van der Waals surface area contributed by atoms with Crippen molar-refractivity contribution in [2.75, 3.05) is 13.7 Å². The lowest BCUT2D eigenvalue weighted by Crippen LogP contribution is -2.43. The van der Waals surface area contributed by atoms with Gasteiger partial charge in [-0.2, -0.15) is 0 Å². The van der Waals surface area contributed by atoms with Gasteiger partial charge < -0.3 is 24.1 Å². The van der Waals surface area contributed by atoms with Crippen LogP contribution in [0.5, 0.6) is 0 Å². The van der Waals surface area contributed by atoms with Crippen LogP contribution < -0.4 is 0 Å². The summed E-state index contributed by atoms with van der Waals surface area (Å²) in [4.78, 5) is 11.7. The van der Waals surface area contributed by atoms with E-state index < -0.39 is 18.3 Å². The molecular formula is C30H36O6. The Morgan fingerprint density at radius 2 is 1.25 bits per heavy atom. The molecule has 0 aliphatic carbocycles. The highest BCUT2D eigenvalue weighted by molar-refractivity contribution is 5.68. The lowest BCUT2D eigenvalue weighted by Gasteiger charge is -2.31. The van der Waals surface area contributed by atoms with Crippen LogP contribution in [-0.4, -0.2) is 43.1 Å². The van der Waals surface area contributed by atoms with Crippen LogP contribution in [-0.2, 0) is 43.6 Å². The molecule has 0 saturated heterocycles. The summed E-state index contributed by atoms with van der Waals surface area (Å²) >= 11 is 0. The van der Waals surface area contributed by atoms with Crippen LogP contribution in [0.2, 0.25) is 0 Å². The molecule has 0 spiro atoms. The molecule has 0 heterocycles. The number of benzene rings is 3. The van der Waals surface area contributed by atoms with E-state index in [0.29, 0.717) is 32.7 Å². The molecule has 0 amide bonds. The Hall–Kier alpha value is -3.03. The summed E-state index contributed by atoms with van der Waals surface area (Å²) < 4.78 is 23.2. The predicted molar refractivity (Wildman–Crippen MR) is 138 cm³/mol. The zero-order chi connectivity index (χ0) is 25.4. The molecule has 192 valence electrons. The second-order valence-electron chi connectivity index (χ2n) is 8.63. The standard InChI is InChI=1S/C30H36O6/c1-33-29(32)19-11-18-28(35-21-25-14-7-3-8-15-25)30(36-22-26-16-9-4-10-17-26)27(31)23-34-20-24-12-5-2-6-13-24/h2-10,12-17,27-28,30-31H,11,18-23H2,1H3/t27-,28-,30+/m1/s1. The quantitative estimate of drug-likeness (QED) is 0.281. The fourth-order valence-electron chi connectivity index (χ4n) is 3.87. The Kier molecular flexibility index (Phi) is 12.1. The number of rotatable bonds is 16. The lowest BCUT2D eigenvalue weighted by atomic mass is 10.0. The van der Waals surface area contributed by atoms with Crippen LogP contribution in [0.3, 0.4) is 0 Å². The Morgan fingerprint density at radius 1 is 0.750 bits per heavy atom. The molecular weight excluding hydrogens is 456 g/mol. The molecule has 3 atom stereocenters.